The van der Waals surface area contributed by atoms with E-state index in [9.17, 15) is 0 Å². The molecule has 2 rings (SSSR count). The van der Waals surface area contributed by atoms with E-state index in [1.807, 2.05) is 17.4 Å². The van der Waals surface area contributed by atoms with Crippen LogP contribution in [0.15, 0.2) is 46.9 Å². The summed E-state index contributed by atoms with van der Waals surface area (Å²) in [4.78, 5) is 2.58. The van der Waals surface area contributed by atoms with Crippen LogP contribution in [0.1, 0.15) is 18.7 Å². The molecule has 0 saturated heterocycles. The molecule has 1 atom stereocenters. The number of thiophene rings is 1. The molecule has 1 aromatic carbocycles. The molecule has 0 bridgehead atoms. The quantitative estimate of drug-likeness (QED) is 0.792. The molecule has 100 valence electrons. The highest BCUT2D eigenvalue weighted by Crippen LogP contribution is 2.33. The van der Waals surface area contributed by atoms with E-state index in [0.717, 1.165) is 11.0 Å². The number of benzene rings is 1. The Balaban J connectivity index is 2.14. The third-order valence-corrected chi connectivity index (χ3v) is 4.62. The highest BCUT2D eigenvalue weighted by Gasteiger charge is 2.04. The molecule has 0 aliphatic carbocycles. The molecule has 1 unspecified atom stereocenters. The van der Waals surface area contributed by atoms with Crippen molar-refractivity contribution in [1.82, 2.24) is 5.32 Å². The molecule has 0 fully saturated rings. The van der Waals surface area contributed by atoms with Crippen molar-refractivity contribution in [3.05, 3.63) is 51.8 Å². The standard InChI is InChI=1S/C16H18BrNS/c1-3-18-12(2)8-9-13-10-11-16(19-13)14-6-4-5-7-15(14)17/h4-12,18H,3H2,1-2H3/b9-8+. The first-order valence-electron chi connectivity index (χ1n) is 6.47. The molecule has 0 amide bonds. The first kappa shape index (κ1) is 14.5. The topological polar surface area (TPSA) is 12.0 Å². The van der Waals surface area contributed by atoms with Gasteiger partial charge < -0.3 is 5.32 Å². The van der Waals surface area contributed by atoms with Crippen LogP contribution in [0, 0.1) is 0 Å². The molecular weight excluding hydrogens is 318 g/mol. The fourth-order valence-corrected chi connectivity index (χ4v) is 3.47. The lowest BCUT2D eigenvalue weighted by Gasteiger charge is -2.04. The van der Waals surface area contributed by atoms with Crippen molar-refractivity contribution in [1.29, 1.82) is 0 Å². The van der Waals surface area contributed by atoms with Crippen molar-refractivity contribution in [2.75, 3.05) is 6.54 Å². The monoisotopic (exact) mass is 335 g/mol. The van der Waals surface area contributed by atoms with E-state index in [2.05, 4.69) is 77.6 Å². The van der Waals surface area contributed by atoms with Crippen molar-refractivity contribution >= 4 is 33.3 Å². The lowest BCUT2D eigenvalue weighted by Crippen LogP contribution is -2.22. The van der Waals surface area contributed by atoms with Gasteiger partial charge in [-0.15, -0.1) is 11.3 Å². The van der Waals surface area contributed by atoms with Crippen molar-refractivity contribution in [2.24, 2.45) is 0 Å². The van der Waals surface area contributed by atoms with Crippen molar-refractivity contribution in [2.45, 2.75) is 19.9 Å². The maximum Gasteiger partial charge on any atom is 0.0360 e. The van der Waals surface area contributed by atoms with E-state index < -0.39 is 0 Å². The lowest BCUT2D eigenvalue weighted by atomic mass is 10.2. The van der Waals surface area contributed by atoms with E-state index in [1.54, 1.807) is 0 Å². The van der Waals surface area contributed by atoms with Gasteiger partial charge in [0.2, 0.25) is 0 Å². The minimum atomic E-state index is 0.416. The molecule has 0 aliphatic heterocycles. The Hall–Kier alpha value is -0.900. The largest absolute Gasteiger partial charge is 0.311 e. The molecule has 0 saturated carbocycles. The molecule has 0 aliphatic rings. The third-order valence-electron chi connectivity index (χ3n) is 2.84. The van der Waals surface area contributed by atoms with Crippen molar-refractivity contribution in [3.8, 4) is 10.4 Å². The van der Waals surface area contributed by atoms with Crippen LogP contribution in [0.4, 0.5) is 0 Å². The Morgan fingerprint density at radius 2 is 2.05 bits per heavy atom. The average Bonchev–Trinajstić information content (AvgIpc) is 2.86. The van der Waals surface area contributed by atoms with Crippen LogP contribution in [-0.4, -0.2) is 12.6 Å². The summed E-state index contributed by atoms with van der Waals surface area (Å²) in [7, 11) is 0. The van der Waals surface area contributed by atoms with Crippen LogP contribution in [0.5, 0.6) is 0 Å². The van der Waals surface area contributed by atoms with E-state index >= 15 is 0 Å². The van der Waals surface area contributed by atoms with Gasteiger partial charge in [0.15, 0.2) is 0 Å². The Bertz CT molecular complexity index is 559. The van der Waals surface area contributed by atoms with Gasteiger partial charge in [0.05, 0.1) is 0 Å². The molecule has 1 aromatic heterocycles. The second-order valence-electron chi connectivity index (χ2n) is 4.39. The SMILES string of the molecule is CCNC(C)/C=C/c1ccc(-c2ccccc2Br)s1. The highest BCUT2D eigenvalue weighted by molar-refractivity contribution is 9.10. The van der Waals surface area contributed by atoms with Gasteiger partial charge in [-0.25, -0.2) is 0 Å². The Labute approximate surface area is 127 Å². The van der Waals surface area contributed by atoms with Gasteiger partial charge in [-0.1, -0.05) is 47.1 Å². The fraction of sp³-hybridized carbons (Fsp3) is 0.250. The first-order chi connectivity index (χ1) is 9.20. The summed E-state index contributed by atoms with van der Waals surface area (Å²) < 4.78 is 1.15. The summed E-state index contributed by atoms with van der Waals surface area (Å²) in [6.07, 6.45) is 4.40. The summed E-state index contributed by atoms with van der Waals surface area (Å²) in [6.45, 7) is 5.29. The molecule has 1 nitrogen and oxygen atoms in total. The van der Waals surface area contributed by atoms with E-state index in [4.69, 9.17) is 0 Å². The maximum absolute atomic E-state index is 3.60. The average molecular weight is 336 g/mol. The molecule has 1 heterocycles. The number of halogens is 1. The zero-order valence-corrected chi connectivity index (χ0v) is 13.6. The summed E-state index contributed by atoms with van der Waals surface area (Å²) in [6, 6.07) is 13.1. The molecule has 2 aromatic rings. The normalized spacial score (nSPS) is 13.0. The van der Waals surface area contributed by atoms with E-state index in [1.165, 1.54) is 15.3 Å². The van der Waals surface area contributed by atoms with Crippen LogP contribution in [0.2, 0.25) is 0 Å². The minimum absolute atomic E-state index is 0.416. The summed E-state index contributed by atoms with van der Waals surface area (Å²) in [5.41, 5.74) is 1.26. The Morgan fingerprint density at radius 3 is 2.79 bits per heavy atom. The first-order valence-corrected chi connectivity index (χ1v) is 8.08. The zero-order valence-electron chi connectivity index (χ0n) is 11.2. The number of rotatable bonds is 5. The van der Waals surface area contributed by atoms with Gasteiger partial charge in [0.1, 0.15) is 0 Å². The van der Waals surface area contributed by atoms with Gasteiger partial charge in [0.25, 0.3) is 0 Å². The Kier molecular flexibility index (Phi) is 5.37. The van der Waals surface area contributed by atoms with Crippen LogP contribution < -0.4 is 5.32 Å². The lowest BCUT2D eigenvalue weighted by molar-refractivity contribution is 0.663. The van der Waals surface area contributed by atoms with Gasteiger partial charge >= 0.3 is 0 Å². The summed E-state index contributed by atoms with van der Waals surface area (Å²) in [5, 5.41) is 3.37. The fourth-order valence-electron chi connectivity index (χ4n) is 1.88. The molecule has 3 heteroatoms. The van der Waals surface area contributed by atoms with Gasteiger partial charge in [-0.05, 0) is 37.7 Å². The third kappa shape index (κ3) is 4.03. The molecular formula is C16H18BrNS. The molecule has 0 radical (unpaired) electrons. The highest BCUT2D eigenvalue weighted by atomic mass is 79.9. The zero-order chi connectivity index (χ0) is 13.7. The van der Waals surface area contributed by atoms with Crippen molar-refractivity contribution in [3.63, 3.8) is 0 Å². The van der Waals surface area contributed by atoms with Crippen LogP contribution >= 0.6 is 27.3 Å². The van der Waals surface area contributed by atoms with Crippen LogP contribution in [-0.2, 0) is 0 Å². The van der Waals surface area contributed by atoms with Crippen molar-refractivity contribution < 1.29 is 0 Å². The second kappa shape index (κ2) is 7.04. The summed E-state index contributed by atoms with van der Waals surface area (Å²) in [5.74, 6) is 0. The smallest absolute Gasteiger partial charge is 0.0360 e. The van der Waals surface area contributed by atoms with Gasteiger partial charge in [-0.2, -0.15) is 0 Å². The number of hydrogen-bond acceptors (Lipinski definition) is 2. The minimum Gasteiger partial charge on any atom is -0.311 e. The van der Waals surface area contributed by atoms with E-state index in [0.29, 0.717) is 6.04 Å². The number of hydrogen-bond donors (Lipinski definition) is 1. The molecule has 0 spiro atoms. The second-order valence-corrected chi connectivity index (χ2v) is 6.36. The van der Waals surface area contributed by atoms with Crippen LogP contribution in [0.3, 0.4) is 0 Å². The Morgan fingerprint density at radius 1 is 1.26 bits per heavy atom. The predicted molar refractivity (Wildman–Crippen MR) is 89.6 cm³/mol. The predicted octanol–water partition coefficient (Wildman–Crippen LogP) is 5.19. The number of likely N-dealkylation sites (N-methyl/N-ethyl adjacent to an activating group) is 1. The van der Waals surface area contributed by atoms with Crippen LogP contribution in [0.25, 0.3) is 16.5 Å². The van der Waals surface area contributed by atoms with E-state index in [-0.39, 0.29) is 0 Å². The maximum atomic E-state index is 3.60. The summed E-state index contributed by atoms with van der Waals surface area (Å²) >= 11 is 5.42. The van der Waals surface area contributed by atoms with Gasteiger partial charge in [0, 0.05) is 25.8 Å². The molecule has 19 heavy (non-hydrogen) atoms. The van der Waals surface area contributed by atoms with Gasteiger partial charge in [-0.3, -0.25) is 0 Å². The molecule has 1 N–H and O–H groups in total. The number of nitrogens with one attached hydrogen (secondary N) is 1.